The zero-order valence-electron chi connectivity index (χ0n) is 11.8. The fourth-order valence-corrected chi connectivity index (χ4v) is 1.82. The molecule has 1 aromatic carbocycles. The first-order valence-electron chi connectivity index (χ1n) is 6.68. The number of aliphatic hydroxyl groups is 1. The molecule has 0 saturated heterocycles. The van der Waals surface area contributed by atoms with Gasteiger partial charge in [0.15, 0.2) is 11.6 Å². The second-order valence-electron chi connectivity index (χ2n) is 4.83. The van der Waals surface area contributed by atoms with Gasteiger partial charge in [-0.25, -0.2) is 13.6 Å². The first kappa shape index (κ1) is 18.0. The number of carboxylic acid groups (broad SMARTS) is 1. The van der Waals surface area contributed by atoms with Crippen LogP contribution in [-0.4, -0.2) is 40.8 Å². The van der Waals surface area contributed by atoms with Gasteiger partial charge < -0.3 is 21.3 Å². The van der Waals surface area contributed by atoms with Crippen LogP contribution in [0.15, 0.2) is 18.2 Å². The van der Waals surface area contributed by atoms with Gasteiger partial charge >= 0.3 is 5.97 Å². The van der Waals surface area contributed by atoms with Crippen LogP contribution in [0.3, 0.4) is 0 Å². The van der Waals surface area contributed by atoms with E-state index in [1.165, 1.54) is 6.07 Å². The van der Waals surface area contributed by atoms with Gasteiger partial charge in [0, 0.05) is 0 Å². The van der Waals surface area contributed by atoms with Crippen molar-refractivity contribution in [3.8, 4) is 0 Å². The van der Waals surface area contributed by atoms with Gasteiger partial charge in [0.1, 0.15) is 12.1 Å². The normalized spacial score (nSPS) is 13.5. The van der Waals surface area contributed by atoms with Crippen LogP contribution in [0.4, 0.5) is 8.78 Å². The van der Waals surface area contributed by atoms with Gasteiger partial charge in [0.2, 0.25) is 5.91 Å². The molecule has 0 heterocycles. The van der Waals surface area contributed by atoms with Gasteiger partial charge in [-0.15, -0.1) is 0 Å². The van der Waals surface area contributed by atoms with E-state index in [9.17, 15) is 18.4 Å². The van der Waals surface area contributed by atoms with E-state index in [0.717, 1.165) is 12.1 Å². The molecule has 0 aliphatic rings. The zero-order valence-corrected chi connectivity index (χ0v) is 11.8. The predicted octanol–water partition coefficient (Wildman–Crippen LogP) is 0.177. The first-order valence-corrected chi connectivity index (χ1v) is 6.68. The molecular formula is C14H18F2N2O4. The Morgan fingerprint density at radius 2 is 1.95 bits per heavy atom. The van der Waals surface area contributed by atoms with E-state index in [2.05, 4.69) is 5.32 Å². The largest absolute Gasteiger partial charge is 0.480 e. The summed E-state index contributed by atoms with van der Waals surface area (Å²) in [5.74, 6) is -3.90. The fourth-order valence-electron chi connectivity index (χ4n) is 1.82. The van der Waals surface area contributed by atoms with Crippen LogP contribution in [0, 0.1) is 11.6 Å². The first-order chi connectivity index (χ1) is 10.3. The Morgan fingerprint density at radius 3 is 2.50 bits per heavy atom. The second-order valence-corrected chi connectivity index (χ2v) is 4.83. The van der Waals surface area contributed by atoms with Gasteiger partial charge in [-0.1, -0.05) is 6.07 Å². The summed E-state index contributed by atoms with van der Waals surface area (Å²) < 4.78 is 25.8. The molecule has 0 radical (unpaired) electrons. The molecule has 2 atom stereocenters. The molecule has 0 fully saturated rings. The standard InChI is InChI=1S/C14H18F2N2O4/c15-9-5-4-8(6-10(9)16)2-1-3-12(14(21)22)18-13(20)11(17)7-19/h4-6,11-12,19H,1-3,7,17H2,(H,18,20)(H,21,22)/t11-,12?/m0/s1. The summed E-state index contributed by atoms with van der Waals surface area (Å²) in [6.07, 6.45) is 0.776. The maximum atomic E-state index is 13.0. The van der Waals surface area contributed by atoms with Crippen LogP contribution in [0.5, 0.6) is 0 Å². The SMILES string of the molecule is N[C@@H](CO)C(=O)NC(CCCc1ccc(F)c(F)c1)C(=O)O. The summed E-state index contributed by atoms with van der Waals surface area (Å²) in [5.41, 5.74) is 5.81. The molecule has 0 spiro atoms. The number of benzene rings is 1. The summed E-state index contributed by atoms with van der Waals surface area (Å²) in [6, 6.07) is 1.12. The minimum absolute atomic E-state index is 0.0955. The molecule has 0 aliphatic carbocycles. The highest BCUT2D eigenvalue weighted by Gasteiger charge is 2.22. The van der Waals surface area contributed by atoms with Crippen molar-refractivity contribution < 1.29 is 28.6 Å². The third-order valence-electron chi connectivity index (χ3n) is 3.09. The van der Waals surface area contributed by atoms with Crippen LogP contribution < -0.4 is 11.1 Å². The molecule has 1 unspecified atom stereocenters. The van der Waals surface area contributed by atoms with Gasteiger partial charge in [0.05, 0.1) is 6.61 Å². The molecule has 5 N–H and O–H groups in total. The lowest BCUT2D eigenvalue weighted by Gasteiger charge is -2.16. The zero-order chi connectivity index (χ0) is 16.7. The van der Waals surface area contributed by atoms with Crippen molar-refractivity contribution >= 4 is 11.9 Å². The van der Waals surface area contributed by atoms with E-state index in [-0.39, 0.29) is 6.42 Å². The van der Waals surface area contributed by atoms with E-state index < -0.39 is 42.2 Å². The molecule has 8 heteroatoms. The second kappa shape index (κ2) is 8.40. The third kappa shape index (κ3) is 5.38. The highest BCUT2D eigenvalue weighted by molar-refractivity contribution is 5.86. The Labute approximate surface area is 125 Å². The molecule has 6 nitrogen and oxygen atoms in total. The highest BCUT2D eigenvalue weighted by Crippen LogP contribution is 2.12. The van der Waals surface area contributed by atoms with Crippen LogP contribution in [0.1, 0.15) is 18.4 Å². The van der Waals surface area contributed by atoms with E-state index in [4.69, 9.17) is 15.9 Å². The van der Waals surface area contributed by atoms with Crippen molar-refractivity contribution in [2.45, 2.75) is 31.3 Å². The molecule has 122 valence electrons. The highest BCUT2D eigenvalue weighted by atomic mass is 19.2. The quantitative estimate of drug-likeness (QED) is 0.546. The fraction of sp³-hybridized carbons (Fsp3) is 0.429. The molecular weight excluding hydrogens is 298 g/mol. The van der Waals surface area contributed by atoms with Crippen LogP contribution >= 0.6 is 0 Å². The lowest BCUT2D eigenvalue weighted by Crippen LogP contribution is -2.49. The third-order valence-corrected chi connectivity index (χ3v) is 3.09. The van der Waals surface area contributed by atoms with Crippen molar-refractivity contribution in [3.63, 3.8) is 0 Å². The monoisotopic (exact) mass is 316 g/mol. The van der Waals surface area contributed by atoms with Gasteiger partial charge in [0.25, 0.3) is 0 Å². The molecule has 1 aromatic rings. The summed E-state index contributed by atoms with van der Waals surface area (Å²) in [5, 5.41) is 20.0. The van der Waals surface area contributed by atoms with Crippen LogP contribution in [0.2, 0.25) is 0 Å². The molecule has 22 heavy (non-hydrogen) atoms. The van der Waals surface area contributed by atoms with E-state index in [0.29, 0.717) is 18.4 Å². The van der Waals surface area contributed by atoms with Crippen molar-refractivity contribution in [1.82, 2.24) is 5.32 Å². The summed E-state index contributed by atoms with van der Waals surface area (Å²) in [7, 11) is 0. The smallest absolute Gasteiger partial charge is 0.326 e. The maximum absolute atomic E-state index is 13.0. The maximum Gasteiger partial charge on any atom is 0.326 e. The number of amides is 1. The molecule has 1 amide bonds. The number of rotatable bonds is 8. The predicted molar refractivity (Wildman–Crippen MR) is 73.9 cm³/mol. The van der Waals surface area contributed by atoms with Crippen LogP contribution in [-0.2, 0) is 16.0 Å². The summed E-state index contributed by atoms with van der Waals surface area (Å²) in [4.78, 5) is 22.5. The Hall–Kier alpha value is -2.06. The van der Waals surface area contributed by atoms with Crippen LogP contribution in [0.25, 0.3) is 0 Å². The number of aliphatic carboxylic acids is 1. The van der Waals surface area contributed by atoms with Gasteiger partial charge in [-0.05, 0) is 37.0 Å². The molecule has 1 rings (SSSR count). The number of nitrogens with one attached hydrogen (secondary N) is 1. The Morgan fingerprint density at radius 1 is 1.27 bits per heavy atom. The number of aliphatic hydroxyl groups excluding tert-OH is 1. The Bertz CT molecular complexity index is 540. The van der Waals surface area contributed by atoms with Crippen molar-refractivity contribution in [2.75, 3.05) is 6.61 Å². The average molecular weight is 316 g/mol. The van der Waals surface area contributed by atoms with Crippen molar-refractivity contribution in [2.24, 2.45) is 5.73 Å². The summed E-state index contributed by atoms with van der Waals surface area (Å²) >= 11 is 0. The minimum atomic E-state index is -1.23. The number of hydrogen-bond acceptors (Lipinski definition) is 4. The summed E-state index contributed by atoms with van der Waals surface area (Å²) in [6.45, 7) is -0.590. The number of carbonyl (C=O) groups excluding carboxylic acids is 1. The molecule has 0 saturated carbocycles. The van der Waals surface area contributed by atoms with Gasteiger partial charge in [-0.3, -0.25) is 4.79 Å². The van der Waals surface area contributed by atoms with E-state index >= 15 is 0 Å². The Kier molecular flexibility index (Phi) is 6.87. The van der Waals surface area contributed by atoms with Gasteiger partial charge in [-0.2, -0.15) is 0 Å². The van der Waals surface area contributed by atoms with E-state index in [1.54, 1.807) is 0 Å². The molecule has 0 aliphatic heterocycles. The Balaban J connectivity index is 2.52. The molecule has 0 bridgehead atoms. The number of hydrogen-bond donors (Lipinski definition) is 4. The minimum Gasteiger partial charge on any atom is -0.480 e. The number of nitrogens with two attached hydrogens (primary N) is 1. The average Bonchev–Trinajstić information content (AvgIpc) is 2.48. The van der Waals surface area contributed by atoms with E-state index in [1.807, 2.05) is 0 Å². The topological polar surface area (TPSA) is 113 Å². The van der Waals surface area contributed by atoms with Crippen molar-refractivity contribution in [3.05, 3.63) is 35.4 Å². The number of aryl methyl sites for hydroxylation is 1. The number of carbonyl (C=O) groups is 2. The molecule has 0 aromatic heterocycles. The number of halogens is 2. The van der Waals surface area contributed by atoms with Crippen molar-refractivity contribution in [1.29, 1.82) is 0 Å². The lowest BCUT2D eigenvalue weighted by atomic mass is 10.0. The number of carboxylic acids is 1. The lowest BCUT2D eigenvalue weighted by molar-refractivity contribution is -0.142.